The van der Waals surface area contributed by atoms with Gasteiger partial charge in [-0.1, -0.05) is 11.6 Å². The maximum atomic E-state index is 13.3. The number of carboxylic acid groups (broad SMARTS) is 1. The quantitative estimate of drug-likeness (QED) is 0.925. The third-order valence-electron chi connectivity index (χ3n) is 2.09. The Morgan fingerprint density at radius 2 is 2.24 bits per heavy atom. The van der Waals surface area contributed by atoms with Crippen LogP contribution in [0.15, 0.2) is 29.0 Å². The number of nitrogens with zero attached hydrogens (tertiary/aromatic N) is 2. The lowest BCUT2D eigenvalue weighted by molar-refractivity contribution is 0.0696. The summed E-state index contributed by atoms with van der Waals surface area (Å²) >= 11 is 8.65. The fourth-order valence-corrected chi connectivity index (χ4v) is 1.96. The van der Waals surface area contributed by atoms with Crippen molar-refractivity contribution >= 4 is 33.5 Å². The molecule has 88 valence electrons. The first kappa shape index (κ1) is 12.1. The third-order valence-corrected chi connectivity index (χ3v) is 3.16. The van der Waals surface area contributed by atoms with Crippen molar-refractivity contribution in [3.8, 4) is 5.69 Å². The Balaban J connectivity index is 2.53. The molecule has 1 aromatic carbocycles. The van der Waals surface area contributed by atoms with Crippen LogP contribution in [0.2, 0.25) is 5.02 Å². The highest BCUT2D eigenvalue weighted by atomic mass is 79.9. The van der Waals surface area contributed by atoms with Crippen molar-refractivity contribution in [2.45, 2.75) is 0 Å². The molecule has 0 fully saturated rings. The van der Waals surface area contributed by atoms with Gasteiger partial charge in [0.15, 0.2) is 0 Å². The van der Waals surface area contributed by atoms with E-state index in [4.69, 9.17) is 16.7 Å². The minimum atomic E-state index is -1.11. The lowest BCUT2D eigenvalue weighted by Gasteiger charge is -2.04. The molecular formula is C10H5BrClFN2O2. The minimum Gasteiger partial charge on any atom is -0.478 e. The first-order valence-electron chi connectivity index (χ1n) is 4.43. The van der Waals surface area contributed by atoms with E-state index in [2.05, 4.69) is 21.0 Å². The van der Waals surface area contributed by atoms with Crippen molar-refractivity contribution in [3.05, 3.63) is 45.4 Å². The predicted molar refractivity (Wildman–Crippen MR) is 63.2 cm³/mol. The number of aromatic nitrogens is 2. The van der Waals surface area contributed by atoms with Gasteiger partial charge in [0.05, 0.1) is 16.9 Å². The van der Waals surface area contributed by atoms with Crippen molar-refractivity contribution < 1.29 is 14.3 Å². The molecule has 0 spiro atoms. The van der Waals surface area contributed by atoms with E-state index in [1.165, 1.54) is 29.1 Å². The monoisotopic (exact) mass is 318 g/mol. The van der Waals surface area contributed by atoms with Gasteiger partial charge in [0, 0.05) is 6.07 Å². The number of carboxylic acids is 1. The molecule has 17 heavy (non-hydrogen) atoms. The normalized spacial score (nSPS) is 10.5. The van der Waals surface area contributed by atoms with Crippen LogP contribution < -0.4 is 0 Å². The van der Waals surface area contributed by atoms with Gasteiger partial charge in [0.2, 0.25) is 0 Å². The van der Waals surface area contributed by atoms with Gasteiger partial charge in [-0.2, -0.15) is 5.10 Å². The Morgan fingerprint density at radius 3 is 2.76 bits per heavy atom. The Hall–Kier alpha value is -1.40. The molecule has 0 saturated carbocycles. The highest BCUT2D eigenvalue weighted by molar-refractivity contribution is 9.10. The maximum absolute atomic E-state index is 13.3. The van der Waals surface area contributed by atoms with Crippen LogP contribution >= 0.6 is 27.5 Å². The van der Waals surface area contributed by atoms with Crippen LogP contribution in [0.1, 0.15) is 10.4 Å². The Labute approximate surface area is 109 Å². The first-order valence-corrected chi connectivity index (χ1v) is 5.60. The molecular weight excluding hydrogens is 314 g/mol. The summed E-state index contributed by atoms with van der Waals surface area (Å²) in [5.74, 6) is -1.71. The third kappa shape index (κ3) is 2.18. The molecule has 0 aliphatic heterocycles. The summed E-state index contributed by atoms with van der Waals surface area (Å²) in [4.78, 5) is 10.8. The molecule has 0 amide bonds. The van der Waals surface area contributed by atoms with Crippen LogP contribution in [0.5, 0.6) is 0 Å². The Morgan fingerprint density at radius 1 is 1.53 bits per heavy atom. The SMILES string of the molecule is O=C(O)c1cnn(-c2ccc(Cl)c(F)c2)c1Br. The predicted octanol–water partition coefficient (Wildman–Crippen LogP) is 3.13. The summed E-state index contributed by atoms with van der Waals surface area (Å²) in [6.45, 7) is 0. The van der Waals surface area contributed by atoms with Gasteiger partial charge in [-0.15, -0.1) is 0 Å². The number of hydrogen-bond donors (Lipinski definition) is 1. The average Bonchev–Trinajstić information content (AvgIpc) is 2.64. The fourth-order valence-electron chi connectivity index (χ4n) is 1.27. The fraction of sp³-hybridized carbons (Fsp3) is 0. The molecule has 0 aliphatic rings. The smallest absolute Gasteiger partial charge is 0.340 e. The molecule has 1 aromatic heterocycles. The molecule has 0 bridgehead atoms. The number of carbonyl (C=O) groups is 1. The van der Waals surface area contributed by atoms with Crippen LogP contribution in [0.25, 0.3) is 5.69 Å². The van der Waals surface area contributed by atoms with Crippen LogP contribution in [-0.2, 0) is 0 Å². The van der Waals surface area contributed by atoms with Gasteiger partial charge in [0.25, 0.3) is 0 Å². The second-order valence-electron chi connectivity index (χ2n) is 3.16. The topological polar surface area (TPSA) is 55.1 Å². The Bertz CT molecular complexity index is 600. The first-order chi connectivity index (χ1) is 8.00. The standard InChI is InChI=1S/C10H5BrClFN2O2/c11-9-6(10(16)17)4-14-15(9)5-1-2-7(12)8(13)3-5/h1-4H,(H,16,17). The molecule has 2 aromatic rings. The van der Waals surface area contributed by atoms with Gasteiger partial charge in [-0.25, -0.2) is 13.9 Å². The summed E-state index contributed by atoms with van der Waals surface area (Å²) in [5.41, 5.74) is 0.381. The number of hydrogen-bond acceptors (Lipinski definition) is 2. The molecule has 0 unspecified atom stereocenters. The van der Waals surface area contributed by atoms with Gasteiger partial charge >= 0.3 is 5.97 Å². The van der Waals surface area contributed by atoms with E-state index in [-0.39, 0.29) is 15.2 Å². The van der Waals surface area contributed by atoms with E-state index < -0.39 is 11.8 Å². The van der Waals surface area contributed by atoms with Crippen LogP contribution in [0.4, 0.5) is 4.39 Å². The molecule has 2 rings (SSSR count). The van der Waals surface area contributed by atoms with Gasteiger partial charge in [-0.3, -0.25) is 0 Å². The van der Waals surface area contributed by atoms with E-state index in [1.807, 2.05) is 0 Å². The molecule has 0 aliphatic carbocycles. The number of halogens is 3. The molecule has 0 radical (unpaired) electrons. The van der Waals surface area contributed by atoms with Crippen LogP contribution in [0.3, 0.4) is 0 Å². The molecule has 1 N–H and O–H groups in total. The zero-order valence-electron chi connectivity index (χ0n) is 8.19. The summed E-state index contributed by atoms with van der Waals surface area (Å²) in [7, 11) is 0. The lowest BCUT2D eigenvalue weighted by Crippen LogP contribution is -2.00. The van der Waals surface area contributed by atoms with E-state index in [0.29, 0.717) is 5.69 Å². The Kier molecular flexibility index (Phi) is 3.17. The summed E-state index contributed by atoms with van der Waals surface area (Å²) in [5, 5.41) is 12.7. The largest absolute Gasteiger partial charge is 0.478 e. The average molecular weight is 320 g/mol. The van der Waals surface area contributed by atoms with Crippen molar-refractivity contribution in [1.82, 2.24) is 9.78 Å². The second kappa shape index (κ2) is 4.46. The van der Waals surface area contributed by atoms with Crippen LogP contribution in [-0.4, -0.2) is 20.9 Å². The molecule has 0 atom stereocenters. The van der Waals surface area contributed by atoms with Crippen LogP contribution in [0, 0.1) is 5.82 Å². The lowest BCUT2D eigenvalue weighted by atomic mass is 10.3. The van der Waals surface area contributed by atoms with Gasteiger partial charge in [-0.05, 0) is 28.1 Å². The number of benzene rings is 1. The van der Waals surface area contributed by atoms with E-state index in [1.54, 1.807) is 0 Å². The highest BCUT2D eigenvalue weighted by Gasteiger charge is 2.15. The number of rotatable bonds is 2. The van der Waals surface area contributed by atoms with Crippen molar-refractivity contribution in [1.29, 1.82) is 0 Å². The second-order valence-corrected chi connectivity index (χ2v) is 4.32. The molecule has 1 heterocycles. The minimum absolute atomic E-state index is 0.000332. The molecule has 4 nitrogen and oxygen atoms in total. The van der Waals surface area contributed by atoms with E-state index in [9.17, 15) is 9.18 Å². The van der Waals surface area contributed by atoms with Crippen molar-refractivity contribution in [3.63, 3.8) is 0 Å². The molecule has 7 heteroatoms. The highest BCUT2D eigenvalue weighted by Crippen LogP contribution is 2.23. The number of aromatic carboxylic acids is 1. The van der Waals surface area contributed by atoms with Crippen molar-refractivity contribution in [2.75, 3.05) is 0 Å². The van der Waals surface area contributed by atoms with E-state index in [0.717, 1.165) is 0 Å². The summed E-state index contributed by atoms with van der Waals surface area (Å²) < 4.78 is 14.8. The molecule has 0 saturated heterocycles. The summed E-state index contributed by atoms with van der Waals surface area (Å²) in [6, 6.07) is 4.08. The van der Waals surface area contributed by atoms with Crippen molar-refractivity contribution in [2.24, 2.45) is 0 Å². The van der Waals surface area contributed by atoms with Gasteiger partial charge < -0.3 is 5.11 Å². The summed E-state index contributed by atoms with van der Waals surface area (Å²) in [6.07, 6.45) is 1.18. The zero-order chi connectivity index (χ0) is 12.6. The van der Waals surface area contributed by atoms with Gasteiger partial charge in [0.1, 0.15) is 16.0 Å². The van der Waals surface area contributed by atoms with E-state index >= 15 is 0 Å². The zero-order valence-corrected chi connectivity index (χ0v) is 10.5. The maximum Gasteiger partial charge on any atom is 0.340 e.